The molecule has 2 aromatic rings. The summed E-state index contributed by atoms with van der Waals surface area (Å²) >= 11 is 11.1. The molecule has 0 unspecified atom stereocenters. The summed E-state index contributed by atoms with van der Waals surface area (Å²) in [6.45, 7) is 0. The molecule has 0 fully saturated rings. The molecule has 78 valence electrons. The lowest BCUT2D eigenvalue weighted by molar-refractivity contribution is 0.625. The summed E-state index contributed by atoms with van der Waals surface area (Å²) in [5.41, 5.74) is 1.19. The molecule has 6 heteroatoms. The van der Waals surface area contributed by atoms with Gasteiger partial charge in [-0.25, -0.2) is 9.07 Å². The normalized spacial score (nSPS) is 10.6. The number of benzene rings is 1. The van der Waals surface area contributed by atoms with E-state index in [2.05, 4.69) is 10.3 Å². The lowest BCUT2D eigenvalue weighted by atomic mass is 10.3. The summed E-state index contributed by atoms with van der Waals surface area (Å²) in [7, 11) is 0. The van der Waals surface area contributed by atoms with E-state index in [1.165, 1.54) is 16.8 Å². The van der Waals surface area contributed by atoms with Crippen molar-refractivity contribution in [1.82, 2.24) is 15.0 Å². The maximum atomic E-state index is 13.1. The topological polar surface area (TPSA) is 30.7 Å². The van der Waals surface area contributed by atoms with Crippen LogP contribution in [0.3, 0.4) is 0 Å². The van der Waals surface area contributed by atoms with Crippen LogP contribution in [0.25, 0.3) is 5.69 Å². The molecule has 1 aromatic carbocycles. The van der Waals surface area contributed by atoms with Crippen LogP contribution < -0.4 is 0 Å². The smallest absolute Gasteiger partial charge is 0.143 e. The highest BCUT2D eigenvalue weighted by Gasteiger charge is 2.05. The zero-order valence-corrected chi connectivity index (χ0v) is 9.00. The van der Waals surface area contributed by atoms with Crippen molar-refractivity contribution in [3.8, 4) is 5.69 Å². The molecule has 0 spiro atoms. The van der Waals surface area contributed by atoms with Gasteiger partial charge in [-0.3, -0.25) is 0 Å². The number of rotatable bonds is 2. The average molecular weight is 246 g/mol. The second-order valence-corrected chi connectivity index (χ2v) is 3.56. The third-order valence-corrected chi connectivity index (χ3v) is 2.43. The van der Waals surface area contributed by atoms with Crippen LogP contribution in [0.5, 0.6) is 0 Å². The summed E-state index contributed by atoms with van der Waals surface area (Å²) in [4.78, 5) is 0. The van der Waals surface area contributed by atoms with E-state index < -0.39 is 5.82 Å². The molecule has 0 bridgehead atoms. The van der Waals surface area contributed by atoms with Crippen LogP contribution in [0.1, 0.15) is 5.69 Å². The number of hydrogen-bond donors (Lipinski definition) is 0. The summed E-state index contributed by atoms with van der Waals surface area (Å²) in [5.74, 6) is -0.215. The van der Waals surface area contributed by atoms with E-state index in [0.29, 0.717) is 11.4 Å². The van der Waals surface area contributed by atoms with E-state index in [1.807, 2.05) is 0 Å². The maximum absolute atomic E-state index is 13.1. The third-order valence-electron chi connectivity index (χ3n) is 1.85. The Kier molecular flexibility index (Phi) is 2.88. The molecule has 15 heavy (non-hydrogen) atoms. The fraction of sp³-hybridized carbons (Fsp3) is 0.111. The molecule has 1 heterocycles. The van der Waals surface area contributed by atoms with Crippen LogP contribution in [0.4, 0.5) is 4.39 Å². The molecule has 0 aliphatic carbocycles. The Morgan fingerprint density at radius 1 is 1.40 bits per heavy atom. The molecule has 0 saturated heterocycles. The van der Waals surface area contributed by atoms with Crippen molar-refractivity contribution in [3.05, 3.63) is 40.9 Å². The van der Waals surface area contributed by atoms with E-state index in [0.717, 1.165) is 0 Å². The van der Waals surface area contributed by atoms with Crippen LogP contribution in [0.2, 0.25) is 5.02 Å². The van der Waals surface area contributed by atoms with Gasteiger partial charge in [0, 0.05) is 6.07 Å². The van der Waals surface area contributed by atoms with Crippen molar-refractivity contribution in [2.45, 2.75) is 5.88 Å². The molecule has 1 aromatic heterocycles. The van der Waals surface area contributed by atoms with Gasteiger partial charge in [0.25, 0.3) is 0 Å². The molecule has 0 aliphatic rings. The highest BCUT2D eigenvalue weighted by molar-refractivity contribution is 6.30. The molecule has 0 N–H and O–H groups in total. The Hall–Kier alpha value is -1.13. The first-order chi connectivity index (χ1) is 7.20. The van der Waals surface area contributed by atoms with Crippen LogP contribution >= 0.6 is 23.2 Å². The van der Waals surface area contributed by atoms with Crippen molar-refractivity contribution in [2.24, 2.45) is 0 Å². The molecular formula is C9H6Cl2FN3. The monoisotopic (exact) mass is 245 g/mol. The zero-order chi connectivity index (χ0) is 10.8. The number of aromatic nitrogens is 3. The Morgan fingerprint density at radius 2 is 2.20 bits per heavy atom. The Balaban J connectivity index is 2.40. The number of halogens is 3. The third kappa shape index (κ3) is 2.11. The fourth-order valence-electron chi connectivity index (χ4n) is 1.11. The lowest BCUT2D eigenvalue weighted by Gasteiger charge is -2.00. The van der Waals surface area contributed by atoms with Crippen molar-refractivity contribution >= 4 is 23.2 Å². The molecule has 0 amide bonds. The molecule has 3 nitrogen and oxygen atoms in total. The second kappa shape index (κ2) is 4.16. The predicted octanol–water partition coefficient (Wildman–Crippen LogP) is 2.80. The van der Waals surface area contributed by atoms with Crippen LogP contribution in [-0.2, 0) is 5.88 Å². The SMILES string of the molecule is Fc1cc(-n2cc(CCl)nn2)ccc1Cl. The van der Waals surface area contributed by atoms with Gasteiger partial charge in [0.2, 0.25) is 0 Å². The average Bonchev–Trinajstić information content (AvgIpc) is 2.70. The van der Waals surface area contributed by atoms with E-state index in [1.54, 1.807) is 12.3 Å². The summed E-state index contributed by atoms with van der Waals surface area (Å²) in [5, 5.41) is 7.67. The number of hydrogen-bond acceptors (Lipinski definition) is 2. The van der Waals surface area contributed by atoms with E-state index in [9.17, 15) is 4.39 Å². The van der Waals surface area contributed by atoms with E-state index in [-0.39, 0.29) is 10.9 Å². The molecule has 2 rings (SSSR count). The van der Waals surface area contributed by atoms with Gasteiger partial charge in [0.15, 0.2) is 0 Å². The largest absolute Gasteiger partial charge is 0.220 e. The molecule has 0 radical (unpaired) electrons. The van der Waals surface area contributed by atoms with Crippen molar-refractivity contribution in [2.75, 3.05) is 0 Å². The lowest BCUT2D eigenvalue weighted by Crippen LogP contribution is -1.95. The predicted molar refractivity (Wildman–Crippen MR) is 55.9 cm³/mol. The van der Waals surface area contributed by atoms with Gasteiger partial charge in [0.1, 0.15) is 5.82 Å². The standard InChI is InChI=1S/C9H6Cl2FN3/c10-4-6-5-15(14-13-6)7-1-2-8(11)9(12)3-7/h1-3,5H,4H2. The minimum Gasteiger partial charge on any atom is -0.220 e. The summed E-state index contributed by atoms with van der Waals surface area (Å²) in [6, 6.07) is 4.40. The van der Waals surface area contributed by atoms with Crippen LogP contribution in [0, 0.1) is 5.82 Å². The van der Waals surface area contributed by atoms with Gasteiger partial charge in [-0.15, -0.1) is 16.7 Å². The summed E-state index contributed by atoms with van der Waals surface area (Å²) in [6.07, 6.45) is 1.63. The minimum atomic E-state index is -0.489. The summed E-state index contributed by atoms with van der Waals surface area (Å²) < 4.78 is 14.6. The van der Waals surface area contributed by atoms with Gasteiger partial charge in [-0.2, -0.15) is 0 Å². The van der Waals surface area contributed by atoms with E-state index in [4.69, 9.17) is 23.2 Å². The first-order valence-corrected chi connectivity index (χ1v) is 5.04. The molecule has 0 atom stereocenters. The number of alkyl halides is 1. The highest BCUT2D eigenvalue weighted by Crippen LogP contribution is 2.17. The maximum Gasteiger partial charge on any atom is 0.143 e. The molecule has 0 saturated carbocycles. The number of nitrogens with zero attached hydrogens (tertiary/aromatic N) is 3. The van der Waals surface area contributed by atoms with Gasteiger partial charge in [-0.05, 0) is 12.1 Å². The van der Waals surface area contributed by atoms with Crippen molar-refractivity contribution in [3.63, 3.8) is 0 Å². The first-order valence-electron chi connectivity index (χ1n) is 4.13. The Morgan fingerprint density at radius 3 is 2.80 bits per heavy atom. The minimum absolute atomic E-state index is 0.0800. The van der Waals surface area contributed by atoms with Crippen LogP contribution in [-0.4, -0.2) is 15.0 Å². The molecular weight excluding hydrogens is 240 g/mol. The fourth-order valence-corrected chi connectivity index (χ4v) is 1.35. The van der Waals surface area contributed by atoms with Gasteiger partial charge in [0.05, 0.1) is 28.5 Å². The van der Waals surface area contributed by atoms with Crippen molar-refractivity contribution in [1.29, 1.82) is 0 Å². The van der Waals surface area contributed by atoms with Gasteiger partial charge < -0.3 is 0 Å². The van der Waals surface area contributed by atoms with Gasteiger partial charge in [-0.1, -0.05) is 16.8 Å². The Labute approximate surface area is 95.4 Å². The molecule has 0 aliphatic heterocycles. The van der Waals surface area contributed by atoms with Crippen molar-refractivity contribution < 1.29 is 4.39 Å². The van der Waals surface area contributed by atoms with E-state index >= 15 is 0 Å². The highest BCUT2D eigenvalue weighted by atomic mass is 35.5. The second-order valence-electron chi connectivity index (χ2n) is 2.89. The van der Waals surface area contributed by atoms with Gasteiger partial charge >= 0.3 is 0 Å². The van der Waals surface area contributed by atoms with Crippen LogP contribution in [0.15, 0.2) is 24.4 Å². The zero-order valence-electron chi connectivity index (χ0n) is 7.49. The quantitative estimate of drug-likeness (QED) is 0.763. The first kappa shape index (κ1) is 10.4. The Bertz CT molecular complexity index is 484.